The summed E-state index contributed by atoms with van der Waals surface area (Å²) in [5.41, 5.74) is -1.76. The van der Waals surface area contributed by atoms with Gasteiger partial charge in [-0.2, -0.15) is 13.2 Å². The summed E-state index contributed by atoms with van der Waals surface area (Å²) in [6, 6.07) is 2.23. The Balaban J connectivity index is 3.03. The van der Waals surface area contributed by atoms with Gasteiger partial charge in [0, 0.05) is 24.7 Å². The molecule has 1 heterocycles. The van der Waals surface area contributed by atoms with E-state index in [2.05, 4.69) is 4.74 Å². The zero-order valence-corrected chi connectivity index (χ0v) is 11.6. The molecule has 0 spiro atoms. The number of aryl methyl sites for hydroxylation is 1. The molecule has 0 aliphatic rings. The van der Waals surface area contributed by atoms with Gasteiger partial charge in [-0.05, 0) is 6.07 Å². The molecule has 0 N–H and O–H groups in total. The van der Waals surface area contributed by atoms with Gasteiger partial charge >= 0.3 is 12.1 Å². The molecule has 0 amide bonds. The number of hydrogen-bond acceptors (Lipinski definition) is 3. The molecule has 1 atom stereocenters. The minimum Gasteiger partial charge on any atom is -0.448 e. The highest BCUT2D eigenvalue weighted by atomic mass is 19.4. The lowest BCUT2D eigenvalue weighted by Gasteiger charge is -2.31. The van der Waals surface area contributed by atoms with Crippen molar-refractivity contribution < 1.29 is 22.7 Å². The van der Waals surface area contributed by atoms with Crippen LogP contribution in [0.25, 0.3) is 0 Å². The van der Waals surface area contributed by atoms with Crippen molar-refractivity contribution in [1.82, 2.24) is 4.57 Å². The normalized spacial score (nSPS) is 13.9. The maximum Gasteiger partial charge on any atom is 0.426 e. The molecule has 0 fully saturated rings. The second-order valence-electron chi connectivity index (χ2n) is 5.56. The molecule has 112 valence electrons. The molecule has 0 aromatic carbocycles. The fourth-order valence-electron chi connectivity index (χ4n) is 1.62. The first-order valence-electron chi connectivity index (χ1n) is 5.87. The lowest BCUT2D eigenvalue weighted by Crippen LogP contribution is -2.43. The Labute approximate surface area is 114 Å². The average molecular weight is 291 g/mol. The smallest absolute Gasteiger partial charge is 0.426 e. The first kappa shape index (κ1) is 16.3. The Morgan fingerprint density at radius 2 is 1.80 bits per heavy atom. The summed E-state index contributed by atoms with van der Waals surface area (Å²) in [6.45, 7) is 4.00. The molecule has 1 aromatic heterocycles. The summed E-state index contributed by atoms with van der Waals surface area (Å²) in [5, 5.41) is 0. The number of nitrogens with zero attached hydrogens (tertiary/aromatic N) is 1. The van der Waals surface area contributed by atoms with Gasteiger partial charge in [0.15, 0.2) is 0 Å². The molecule has 4 nitrogen and oxygen atoms in total. The third-order valence-electron chi connectivity index (χ3n) is 2.63. The van der Waals surface area contributed by atoms with Crippen LogP contribution in [0.15, 0.2) is 23.1 Å². The van der Waals surface area contributed by atoms with E-state index in [0.717, 1.165) is 22.9 Å². The second kappa shape index (κ2) is 5.30. The van der Waals surface area contributed by atoms with Gasteiger partial charge in [0.25, 0.3) is 0 Å². The third kappa shape index (κ3) is 3.85. The van der Waals surface area contributed by atoms with Crippen LogP contribution in [0.4, 0.5) is 13.2 Å². The highest BCUT2D eigenvalue weighted by Gasteiger charge is 2.50. The molecule has 0 aliphatic heterocycles. The van der Waals surface area contributed by atoms with E-state index in [1.54, 1.807) is 0 Å². The number of esters is 1. The summed E-state index contributed by atoms with van der Waals surface area (Å²) < 4.78 is 44.4. The van der Waals surface area contributed by atoms with Crippen LogP contribution >= 0.6 is 0 Å². The lowest BCUT2D eigenvalue weighted by atomic mass is 9.88. The maximum absolute atomic E-state index is 12.9. The molecule has 20 heavy (non-hydrogen) atoms. The van der Waals surface area contributed by atoms with Crippen LogP contribution in [-0.2, 0) is 11.8 Å². The minimum absolute atomic E-state index is 0.106. The predicted octanol–water partition coefficient (Wildman–Crippen LogP) is 2.52. The Bertz CT molecular complexity index is 541. The molecule has 0 saturated heterocycles. The Kier molecular flexibility index (Phi) is 4.31. The number of carbonyl (C=O) groups excluding carboxylic acids is 1. The van der Waals surface area contributed by atoms with Crippen molar-refractivity contribution >= 4 is 5.97 Å². The summed E-state index contributed by atoms with van der Waals surface area (Å²) in [7, 11) is 1.39. The summed E-state index contributed by atoms with van der Waals surface area (Å²) in [6.07, 6.45) is -5.74. The van der Waals surface area contributed by atoms with E-state index in [0.29, 0.717) is 0 Å². The van der Waals surface area contributed by atoms with Crippen molar-refractivity contribution in [2.24, 2.45) is 12.5 Å². The van der Waals surface area contributed by atoms with Crippen molar-refractivity contribution in [3.63, 3.8) is 0 Å². The zero-order valence-electron chi connectivity index (χ0n) is 11.6. The summed E-state index contributed by atoms with van der Waals surface area (Å²) in [5.74, 6) is -1.11. The average Bonchev–Trinajstić information content (AvgIpc) is 2.26. The van der Waals surface area contributed by atoms with Crippen LogP contribution < -0.4 is 5.56 Å². The van der Waals surface area contributed by atoms with E-state index in [-0.39, 0.29) is 11.1 Å². The Morgan fingerprint density at radius 3 is 2.20 bits per heavy atom. The van der Waals surface area contributed by atoms with E-state index in [4.69, 9.17) is 0 Å². The molecular weight excluding hydrogens is 275 g/mol. The van der Waals surface area contributed by atoms with Gasteiger partial charge in [0.1, 0.15) is 0 Å². The van der Waals surface area contributed by atoms with Crippen molar-refractivity contribution in [3.8, 4) is 0 Å². The maximum atomic E-state index is 12.9. The zero-order chi connectivity index (χ0) is 15.7. The highest BCUT2D eigenvalue weighted by Crippen LogP contribution is 2.36. The van der Waals surface area contributed by atoms with Crippen molar-refractivity contribution in [2.75, 3.05) is 0 Å². The van der Waals surface area contributed by atoms with E-state index in [1.165, 1.54) is 27.8 Å². The third-order valence-corrected chi connectivity index (χ3v) is 2.63. The molecule has 1 aromatic rings. The fraction of sp³-hybridized carbons (Fsp3) is 0.538. The van der Waals surface area contributed by atoms with Gasteiger partial charge in [-0.15, -0.1) is 0 Å². The van der Waals surface area contributed by atoms with E-state index in [1.807, 2.05) is 0 Å². The van der Waals surface area contributed by atoms with Crippen molar-refractivity contribution in [1.29, 1.82) is 0 Å². The van der Waals surface area contributed by atoms with Crippen LogP contribution in [0, 0.1) is 5.41 Å². The van der Waals surface area contributed by atoms with E-state index in [9.17, 15) is 22.8 Å². The number of rotatable bonds is 2. The van der Waals surface area contributed by atoms with E-state index < -0.39 is 23.7 Å². The Hall–Kier alpha value is -1.79. The number of aromatic nitrogens is 1. The second-order valence-corrected chi connectivity index (χ2v) is 5.56. The van der Waals surface area contributed by atoms with Crippen LogP contribution in [0.3, 0.4) is 0 Å². The van der Waals surface area contributed by atoms with Crippen molar-refractivity contribution in [3.05, 3.63) is 34.2 Å². The molecule has 0 bridgehead atoms. The van der Waals surface area contributed by atoms with Gasteiger partial charge < -0.3 is 9.30 Å². The van der Waals surface area contributed by atoms with Gasteiger partial charge in [0.2, 0.25) is 11.7 Å². The minimum atomic E-state index is -4.66. The van der Waals surface area contributed by atoms with Crippen LogP contribution in [0.1, 0.15) is 31.1 Å². The topological polar surface area (TPSA) is 48.3 Å². The monoisotopic (exact) mass is 291 g/mol. The van der Waals surface area contributed by atoms with Crippen molar-refractivity contribution in [2.45, 2.75) is 33.1 Å². The summed E-state index contributed by atoms with van der Waals surface area (Å²) >= 11 is 0. The quantitative estimate of drug-likeness (QED) is 0.787. The predicted molar refractivity (Wildman–Crippen MR) is 66.4 cm³/mol. The number of hydrogen-bond donors (Lipinski definition) is 0. The molecule has 7 heteroatoms. The first-order chi connectivity index (χ1) is 8.93. The number of pyridine rings is 1. The van der Waals surface area contributed by atoms with E-state index >= 15 is 0 Å². The molecule has 0 aliphatic carbocycles. The number of carbonyl (C=O) groups is 1. The number of ether oxygens (including phenoxy) is 1. The lowest BCUT2D eigenvalue weighted by molar-refractivity contribution is -0.231. The molecule has 1 rings (SSSR count). The Morgan fingerprint density at radius 1 is 1.25 bits per heavy atom. The van der Waals surface area contributed by atoms with Gasteiger partial charge in [0.05, 0.1) is 5.56 Å². The molecule has 1 unspecified atom stereocenters. The number of halogens is 3. The van der Waals surface area contributed by atoms with Crippen LogP contribution in [-0.4, -0.2) is 22.8 Å². The molecule has 0 radical (unpaired) electrons. The molecular formula is C13H16F3NO3. The van der Waals surface area contributed by atoms with Crippen LogP contribution in [0.5, 0.6) is 0 Å². The van der Waals surface area contributed by atoms with Gasteiger partial charge in [-0.3, -0.25) is 4.79 Å². The summed E-state index contributed by atoms with van der Waals surface area (Å²) in [4.78, 5) is 22.9. The SMILES string of the molecule is Cn1cc(C(=O)OC(C(C)(C)C)C(F)(F)F)ccc1=O. The van der Waals surface area contributed by atoms with Crippen LogP contribution in [0.2, 0.25) is 0 Å². The first-order valence-corrected chi connectivity index (χ1v) is 5.87. The largest absolute Gasteiger partial charge is 0.448 e. The van der Waals surface area contributed by atoms with Gasteiger partial charge in [-0.1, -0.05) is 20.8 Å². The standard InChI is InChI=1S/C13H16F3NO3/c1-12(2,3)11(13(14,15)16)20-10(19)8-5-6-9(18)17(4)7-8/h5-7,11H,1-4H3. The highest BCUT2D eigenvalue weighted by molar-refractivity contribution is 5.89. The molecule has 0 saturated carbocycles. The fourth-order valence-corrected chi connectivity index (χ4v) is 1.62. The number of alkyl halides is 3. The van der Waals surface area contributed by atoms with Gasteiger partial charge in [-0.25, -0.2) is 4.79 Å².